The van der Waals surface area contributed by atoms with E-state index in [9.17, 15) is 30.4 Å². The van der Waals surface area contributed by atoms with Crippen LogP contribution in [0.25, 0.3) is 0 Å². The molecule has 2 aromatic carbocycles. The quantitative estimate of drug-likeness (QED) is 0.250. The SMILES string of the molecule is Cc1cc([S+](C)C)cc(C)c1OS(=O)(=O)c1c(F)c(F)c(F)c(F)c1F. The van der Waals surface area contributed by atoms with Gasteiger partial charge in [0, 0.05) is 10.9 Å². The molecule has 0 spiro atoms. The summed E-state index contributed by atoms with van der Waals surface area (Å²) in [5.74, 6) is -12.4. The lowest BCUT2D eigenvalue weighted by Gasteiger charge is -2.14. The van der Waals surface area contributed by atoms with Gasteiger partial charge in [-0.2, -0.15) is 8.42 Å². The largest absolute Gasteiger partial charge is 0.378 e. The van der Waals surface area contributed by atoms with E-state index in [4.69, 9.17) is 4.18 Å². The minimum atomic E-state index is -5.31. The van der Waals surface area contributed by atoms with Gasteiger partial charge in [0.15, 0.2) is 33.1 Å². The predicted octanol–water partition coefficient (Wildman–Crippen LogP) is 4.00. The van der Waals surface area contributed by atoms with Crippen LogP contribution < -0.4 is 4.18 Å². The molecule has 2 aromatic rings. The van der Waals surface area contributed by atoms with E-state index in [1.165, 1.54) is 13.8 Å². The van der Waals surface area contributed by atoms with Gasteiger partial charge >= 0.3 is 10.1 Å². The van der Waals surface area contributed by atoms with Gasteiger partial charge in [-0.3, -0.25) is 0 Å². The number of rotatable bonds is 4. The summed E-state index contributed by atoms with van der Waals surface area (Å²) < 4.78 is 96.5. The second-order valence-electron chi connectivity index (χ2n) is 5.64. The molecule has 142 valence electrons. The molecule has 0 aliphatic carbocycles. The molecular formula is C16H14F5O3S2+. The Labute approximate surface area is 150 Å². The van der Waals surface area contributed by atoms with Gasteiger partial charge < -0.3 is 4.18 Å². The van der Waals surface area contributed by atoms with Crippen LogP contribution in [-0.4, -0.2) is 20.9 Å². The van der Waals surface area contributed by atoms with Gasteiger partial charge in [0.05, 0.1) is 0 Å². The molecule has 2 rings (SSSR count). The average Bonchev–Trinajstić information content (AvgIpc) is 2.54. The molecule has 3 nitrogen and oxygen atoms in total. The van der Waals surface area contributed by atoms with E-state index in [0.29, 0.717) is 11.1 Å². The van der Waals surface area contributed by atoms with Crippen LogP contribution in [0, 0.1) is 42.9 Å². The summed E-state index contributed by atoms with van der Waals surface area (Å²) in [6.45, 7) is 3.01. The zero-order valence-corrected chi connectivity index (χ0v) is 15.7. The fourth-order valence-electron chi connectivity index (χ4n) is 2.23. The third kappa shape index (κ3) is 3.52. The highest BCUT2D eigenvalue weighted by Gasteiger charge is 2.35. The molecule has 0 atom stereocenters. The van der Waals surface area contributed by atoms with Gasteiger partial charge in [0.2, 0.25) is 5.82 Å². The Morgan fingerprint density at radius 1 is 0.808 bits per heavy atom. The van der Waals surface area contributed by atoms with Gasteiger partial charge in [0.1, 0.15) is 18.3 Å². The second kappa shape index (κ2) is 7.07. The Morgan fingerprint density at radius 3 is 1.58 bits per heavy atom. The topological polar surface area (TPSA) is 43.4 Å². The molecule has 26 heavy (non-hydrogen) atoms. The van der Waals surface area contributed by atoms with Crippen molar-refractivity contribution in [1.29, 1.82) is 0 Å². The smallest absolute Gasteiger partial charge is 0.345 e. The normalized spacial score (nSPS) is 11.9. The third-order valence-electron chi connectivity index (χ3n) is 3.52. The lowest BCUT2D eigenvalue weighted by atomic mass is 10.1. The van der Waals surface area contributed by atoms with Crippen LogP contribution in [0.1, 0.15) is 11.1 Å². The highest BCUT2D eigenvalue weighted by atomic mass is 32.2. The molecule has 0 aliphatic heterocycles. The zero-order chi connectivity index (χ0) is 20.0. The van der Waals surface area contributed by atoms with Crippen molar-refractivity contribution in [2.45, 2.75) is 23.6 Å². The summed E-state index contributed by atoms with van der Waals surface area (Å²) in [5.41, 5.74) is 0.683. The van der Waals surface area contributed by atoms with Gasteiger partial charge in [-0.1, -0.05) is 0 Å². The molecule has 0 amide bonds. The summed E-state index contributed by atoms with van der Waals surface area (Å²) in [5, 5.41) is 0. The van der Waals surface area contributed by atoms with Crippen LogP contribution in [-0.2, 0) is 21.0 Å². The van der Waals surface area contributed by atoms with Crippen LogP contribution in [0.4, 0.5) is 22.0 Å². The summed E-state index contributed by atoms with van der Waals surface area (Å²) in [7, 11) is -5.46. The van der Waals surface area contributed by atoms with Crippen molar-refractivity contribution in [3.8, 4) is 5.75 Å². The van der Waals surface area contributed by atoms with E-state index in [2.05, 4.69) is 0 Å². The summed E-state index contributed by atoms with van der Waals surface area (Å²) in [4.78, 5) is -1.14. The average molecular weight is 413 g/mol. The van der Waals surface area contributed by atoms with Crippen molar-refractivity contribution in [2.75, 3.05) is 12.5 Å². The van der Waals surface area contributed by atoms with Crippen LogP contribution in [0.15, 0.2) is 21.9 Å². The van der Waals surface area contributed by atoms with Gasteiger partial charge in [-0.15, -0.1) is 0 Å². The molecule has 0 N–H and O–H groups in total. The van der Waals surface area contributed by atoms with Crippen LogP contribution in [0.3, 0.4) is 0 Å². The van der Waals surface area contributed by atoms with E-state index in [1.807, 2.05) is 12.5 Å². The third-order valence-corrected chi connectivity index (χ3v) is 5.94. The lowest BCUT2D eigenvalue weighted by Crippen LogP contribution is -2.18. The molecule has 0 fully saturated rings. The highest BCUT2D eigenvalue weighted by molar-refractivity contribution is 7.95. The number of aryl methyl sites for hydroxylation is 2. The Morgan fingerprint density at radius 2 is 1.19 bits per heavy atom. The Balaban J connectivity index is 2.62. The van der Waals surface area contributed by atoms with E-state index < -0.39 is 44.1 Å². The number of benzene rings is 2. The molecule has 0 unspecified atom stereocenters. The molecule has 0 saturated carbocycles. The van der Waals surface area contributed by atoms with Crippen molar-refractivity contribution in [3.05, 3.63) is 52.3 Å². The molecular weight excluding hydrogens is 399 g/mol. The number of halogens is 5. The van der Waals surface area contributed by atoms with Crippen LogP contribution in [0.2, 0.25) is 0 Å². The highest BCUT2D eigenvalue weighted by Crippen LogP contribution is 2.33. The van der Waals surface area contributed by atoms with Crippen molar-refractivity contribution < 1.29 is 34.6 Å². The first-order chi connectivity index (χ1) is 11.9. The molecule has 0 aliphatic rings. The van der Waals surface area contributed by atoms with Crippen molar-refractivity contribution in [2.24, 2.45) is 0 Å². The predicted molar refractivity (Wildman–Crippen MR) is 87.4 cm³/mol. The molecule has 10 heteroatoms. The van der Waals surface area contributed by atoms with Crippen molar-refractivity contribution in [3.63, 3.8) is 0 Å². The minimum Gasteiger partial charge on any atom is -0.378 e. The maximum absolute atomic E-state index is 13.8. The number of hydrogen-bond donors (Lipinski definition) is 0. The molecule has 0 heterocycles. The molecule has 0 bridgehead atoms. The Kier molecular flexibility index (Phi) is 5.57. The van der Waals surface area contributed by atoms with Crippen molar-refractivity contribution in [1.82, 2.24) is 0 Å². The summed E-state index contributed by atoms with van der Waals surface area (Å²) in [6, 6.07) is 3.25. The zero-order valence-electron chi connectivity index (χ0n) is 14.1. The first-order valence-electron chi connectivity index (χ1n) is 7.03. The van der Waals surface area contributed by atoms with Crippen LogP contribution in [0.5, 0.6) is 5.75 Å². The van der Waals surface area contributed by atoms with E-state index in [1.54, 1.807) is 12.1 Å². The van der Waals surface area contributed by atoms with Gasteiger partial charge in [-0.25, -0.2) is 22.0 Å². The Bertz CT molecular complexity index is 936. The fourth-order valence-corrected chi connectivity index (χ4v) is 4.24. The van der Waals surface area contributed by atoms with Gasteiger partial charge in [0.25, 0.3) is 0 Å². The van der Waals surface area contributed by atoms with Crippen LogP contribution >= 0.6 is 0 Å². The second-order valence-corrected chi connectivity index (χ2v) is 9.23. The summed E-state index contributed by atoms with van der Waals surface area (Å²) >= 11 is 0. The lowest BCUT2D eigenvalue weighted by molar-refractivity contribution is 0.352. The maximum atomic E-state index is 13.8. The summed E-state index contributed by atoms with van der Waals surface area (Å²) in [6.07, 6.45) is 3.86. The van der Waals surface area contributed by atoms with E-state index in [0.717, 1.165) is 4.90 Å². The molecule has 0 aromatic heterocycles. The van der Waals surface area contributed by atoms with E-state index >= 15 is 0 Å². The molecule has 0 radical (unpaired) electrons. The first-order valence-corrected chi connectivity index (χ1v) is 10.5. The number of hydrogen-bond acceptors (Lipinski definition) is 3. The fraction of sp³-hybridized carbons (Fsp3) is 0.250. The molecule has 0 saturated heterocycles. The van der Waals surface area contributed by atoms with Gasteiger partial charge in [-0.05, 0) is 37.1 Å². The standard InChI is InChI=1S/C16H14F5O3S2/c1-7-5-9(25(3)4)6-8(2)15(7)24-26(22,23)16-13(20)11(18)10(17)12(19)14(16)21/h5-6H,1-4H3/q+1. The van der Waals surface area contributed by atoms with E-state index in [-0.39, 0.29) is 16.6 Å². The minimum absolute atomic E-state index is 0.149. The Hall–Kier alpha value is -1.81. The monoisotopic (exact) mass is 413 g/mol. The van der Waals surface area contributed by atoms with Crippen molar-refractivity contribution >= 4 is 21.0 Å². The first kappa shape index (κ1) is 20.5. The maximum Gasteiger partial charge on any atom is 0.345 e.